The molecule has 2 rings (SSSR count). The molecule has 0 unspecified atom stereocenters. The zero-order chi connectivity index (χ0) is 11.2. The molecule has 0 amide bonds. The van der Waals surface area contributed by atoms with Crippen molar-refractivity contribution in [2.24, 2.45) is 0 Å². The fourth-order valence-corrected chi connectivity index (χ4v) is 1.81. The molecule has 3 N–H and O–H groups in total. The van der Waals surface area contributed by atoms with E-state index in [0.29, 0.717) is 11.1 Å². The lowest BCUT2D eigenvalue weighted by Gasteiger charge is -1.91. The van der Waals surface area contributed by atoms with Crippen LogP contribution in [-0.4, -0.2) is 20.9 Å². The number of benzene rings is 1. The average Bonchev–Trinajstić information content (AvgIpc) is 2.72. The largest absolute Gasteiger partial charge is 0.368 e. The molecule has 1 aromatic carbocycles. The van der Waals surface area contributed by atoms with Gasteiger partial charge in [0, 0.05) is 5.75 Å². The molecule has 0 saturated heterocycles. The van der Waals surface area contributed by atoms with Gasteiger partial charge >= 0.3 is 0 Å². The summed E-state index contributed by atoms with van der Waals surface area (Å²) in [6.07, 6.45) is 4.15. The molecule has 0 spiro atoms. The van der Waals surface area contributed by atoms with Crippen LogP contribution < -0.4 is 5.73 Å². The standard InChI is InChI=1S/C11H12N4S/c12-10-13-11(15-14-10)16-8-4-7-9-5-2-1-3-6-9/h1-7H,8H2,(H3,12,13,14,15)/b7-4+. The third-order valence-corrected chi connectivity index (χ3v) is 2.70. The summed E-state index contributed by atoms with van der Waals surface area (Å²) in [5.41, 5.74) is 6.61. The molecule has 0 saturated carbocycles. The summed E-state index contributed by atoms with van der Waals surface area (Å²) < 4.78 is 0. The van der Waals surface area contributed by atoms with Gasteiger partial charge in [-0.2, -0.15) is 4.98 Å². The van der Waals surface area contributed by atoms with E-state index in [1.54, 1.807) is 11.8 Å². The van der Waals surface area contributed by atoms with Gasteiger partial charge in [0.05, 0.1) is 0 Å². The summed E-state index contributed by atoms with van der Waals surface area (Å²) in [6, 6.07) is 10.2. The summed E-state index contributed by atoms with van der Waals surface area (Å²) in [5, 5.41) is 7.20. The summed E-state index contributed by atoms with van der Waals surface area (Å²) in [5.74, 6) is 1.18. The number of rotatable bonds is 4. The third kappa shape index (κ3) is 3.13. The molecule has 16 heavy (non-hydrogen) atoms. The van der Waals surface area contributed by atoms with E-state index in [1.165, 1.54) is 5.56 Å². The minimum Gasteiger partial charge on any atom is -0.368 e. The highest BCUT2D eigenvalue weighted by molar-refractivity contribution is 7.99. The second kappa shape index (κ2) is 5.37. The molecule has 82 valence electrons. The van der Waals surface area contributed by atoms with Gasteiger partial charge in [0.2, 0.25) is 11.1 Å². The van der Waals surface area contributed by atoms with Crippen molar-refractivity contribution >= 4 is 23.8 Å². The maximum atomic E-state index is 5.41. The first kappa shape index (κ1) is 10.8. The molecule has 0 aliphatic carbocycles. The van der Waals surface area contributed by atoms with Crippen molar-refractivity contribution in [2.75, 3.05) is 11.5 Å². The van der Waals surface area contributed by atoms with E-state index in [1.807, 2.05) is 18.2 Å². The zero-order valence-corrected chi connectivity index (χ0v) is 9.45. The Morgan fingerprint density at radius 2 is 2.12 bits per heavy atom. The zero-order valence-electron chi connectivity index (χ0n) is 8.63. The Bertz CT molecular complexity index is 464. The fourth-order valence-electron chi connectivity index (χ4n) is 1.19. The maximum Gasteiger partial charge on any atom is 0.216 e. The second-order valence-corrected chi connectivity index (χ2v) is 4.11. The number of nitrogen functional groups attached to an aromatic ring is 1. The number of thioether (sulfide) groups is 1. The molecule has 1 heterocycles. The fraction of sp³-hybridized carbons (Fsp3) is 0.0909. The summed E-state index contributed by atoms with van der Waals surface area (Å²) >= 11 is 1.54. The number of anilines is 1. The van der Waals surface area contributed by atoms with Crippen LogP contribution in [-0.2, 0) is 0 Å². The first-order valence-electron chi connectivity index (χ1n) is 4.87. The van der Waals surface area contributed by atoms with Gasteiger partial charge in [0.25, 0.3) is 0 Å². The van der Waals surface area contributed by atoms with Crippen molar-refractivity contribution in [3.05, 3.63) is 42.0 Å². The third-order valence-electron chi connectivity index (χ3n) is 1.90. The van der Waals surface area contributed by atoms with Crippen molar-refractivity contribution in [1.29, 1.82) is 0 Å². The van der Waals surface area contributed by atoms with Gasteiger partial charge in [0.1, 0.15) is 0 Å². The predicted molar refractivity (Wildman–Crippen MR) is 67.0 cm³/mol. The first-order chi connectivity index (χ1) is 7.84. The van der Waals surface area contributed by atoms with Crippen LogP contribution in [0.4, 0.5) is 5.95 Å². The molecule has 0 fully saturated rings. The topological polar surface area (TPSA) is 67.6 Å². The maximum absolute atomic E-state index is 5.41. The lowest BCUT2D eigenvalue weighted by atomic mass is 10.2. The molecule has 0 aliphatic rings. The van der Waals surface area contributed by atoms with Crippen molar-refractivity contribution in [2.45, 2.75) is 5.16 Å². The number of hydrogen-bond donors (Lipinski definition) is 2. The molecule has 0 bridgehead atoms. The summed E-state index contributed by atoms with van der Waals surface area (Å²) in [4.78, 5) is 4.00. The van der Waals surface area contributed by atoms with Crippen LogP contribution >= 0.6 is 11.8 Å². The van der Waals surface area contributed by atoms with E-state index >= 15 is 0 Å². The van der Waals surface area contributed by atoms with Gasteiger partial charge in [-0.1, -0.05) is 54.2 Å². The van der Waals surface area contributed by atoms with Crippen LogP contribution in [0.3, 0.4) is 0 Å². The minimum atomic E-state index is 0.356. The lowest BCUT2D eigenvalue weighted by Crippen LogP contribution is -1.85. The van der Waals surface area contributed by atoms with Crippen molar-refractivity contribution in [3.8, 4) is 0 Å². The van der Waals surface area contributed by atoms with Crippen LogP contribution in [0, 0.1) is 0 Å². The number of H-pyrrole nitrogens is 1. The van der Waals surface area contributed by atoms with E-state index < -0.39 is 0 Å². The van der Waals surface area contributed by atoms with E-state index in [0.717, 1.165) is 5.75 Å². The van der Waals surface area contributed by atoms with Crippen LogP contribution in [0.15, 0.2) is 41.6 Å². The number of nitrogens with two attached hydrogens (primary N) is 1. The monoisotopic (exact) mass is 232 g/mol. The Morgan fingerprint density at radius 1 is 1.31 bits per heavy atom. The van der Waals surface area contributed by atoms with E-state index in [2.05, 4.69) is 39.5 Å². The molecule has 0 atom stereocenters. The lowest BCUT2D eigenvalue weighted by molar-refractivity contribution is 0.975. The van der Waals surface area contributed by atoms with Crippen LogP contribution in [0.25, 0.3) is 6.08 Å². The van der Waals surface area contributed by atoms with Gasteiger partial charge in [-0.3, -0.25) is 0 Å². The molecule has 1 aromatic heterocycles. The molecule has 0 radical (unpaired) electrons. The molecule has 0 aliphatic heterocycles. The van der Waals surface area contributed by atoms with Crippen molar-refractivity contribution < 1.29 is 0 Å². The SMILES string of the molecule is Nc1nc(SC/C=C/c2ccccc2)n[nH]1. The Balaban J connectivity index is 1.82. The quantitative estimate of drug-likeness (QED) is 0.793. The Kier molecular flexibility index (Phi) is 3.61. The van der Waals surface area contributed by atoms with Crippen LogP contribution in [0.1, 0.15) is 5.56 Å². The Labute approximate surface area is 98.0 Å². The predicted octanol–water partition coefficient (Wildman–Crippen LogP) is 2.19. The number of aromatic amines is 1. The smallest absolute Gasteiger partial charge is 0.216 e. The number of aromatic nitrogens is 3. The molecule has 5 heteroatoms. The Hall–Kier alpha value is -1.75. The van der Waals surface area contributed by atoms with Gasteiger partial charge in [-0.25, -0.2) is 5.10 Å². The van der Waals surface area contributed by atoms with Gasteiger partial charge in [-0.15, -0.1) is 5.10 Å². The van der Waals surface area contributed by atoms with E-state index in [-0.39, 0.29) is 0 Å². The van der Waals surface area contributed by atoms with Crippen molar-refractivity contribution in [3.63, 3.8) is 0 Å². The average molecular weight is 232 g/mol. The van der Waals surface area contributed by atoms with Gasteiger partial charge in [0.15, 0.2) is 0 Å². The van der Waals surface area contributed by atoms with Gasteiger partial charge in [-0.05, 0) is 5.56 Å². The minimum absolute atomic E-state index is 0.356. The highest BCUT2D eigenvalue weighted by Crippen LogP contribution is 2.13. The second-order valence-electron chi connectivity index (χ2n) is 3.13. The highest BCUT2D eigenvalue weighted by atomic mass is 32.2. The molecular formula is C11H12N4S. The number of nitrogens with one attached hydrogen (secondary N) is 1. The molecule has 2 aromatic rings. The Morgan fingerprint density at radius 3 is 2.81 bits per heavy atom. The van der Waals surface area contributed by atoms with Crippen molar-refractivity contribution in [1.82, 2.24) is 15.2 Å². The molecule has 4 nitrogen and oxygen atoms in total. The van der Waals surface area contributed by atoms with E-state index in [9.17, 15) is 0 Å². The number of nitrogens with zero attached hydrogens (tertiary/aromatic N) is 2. The van der Waals surface area contributed by atoms with Gasteiger partial charge < -0.3 is 5.73 Å². The summed E-state index contributed by atoms with van der Waals surface area (Å²) in [7, 11) is 0. The number of hydrogen-bond acceptors (Lipinski definition) is 4. The van der Waals surface area contributed by atoms with Crippen LogP contribution in [0.2, 0.25) is 0 Å². The van der Waals surface area contributed by atoms with E-state index in [4.69, 9.17) is 5.73 Å². The normalized spacial score (nSPS) is 11.0. The summed E-state index contributed by atoms with van der Waals surface area (Å²) in [6.45, 7) is 0. The first-order valence-corrected chi connectivity index (χ1v) is 5.85. The van der Waals surface area contributed by atoms with Crippen LogP contribution in [0.5, 0.6) is 0 Å². The molecular weight excluding hydrogens is 220 g/mol. The highest BCUT2D eigenvalue weighted by Gasteiger charge is 1.97.